The molecule has 3 aromatic rings. The molecule has 0 aliphatic carbocycles. The van der Waals surface area contributed by atoms with E-state index in [1.54, 1.807) is 24.4 Å². The van der Waals surface area contributed by atoms with Crippen molar-refractivity contribution < 1.29 is 4.39 Å². The van der Waals surface area contributed by atoms with Gasteiger partial charge in [-0.15, -0.1) is 5.10 Å². The molecule has 0 amide bonds. The molecule has 7 nitrogen and oxygen atoms in total. The highest BCUT2D eigenvalue weighted by Gasteiger charge is 2.38. The number of fused-ring (bicyclic) bond motifs is 3. The van der Waals surface area contributed by atoms with Crippen LogP contribution in [0.3, 0.4) is 0 Å². The van der Waals surface area contributed by atoms with Gasteiger partial charge in [0.2, 0.25) is 0 Å². The summed E-state index contributed by atoms with van der Waals surface area (Å²) >= 11 is 0. The predicted molar refractivity (Wildman–Crippen MR) is 138 cm³/mol. The van der Waals surface area contributed by atoms with Crippen molar-refractivity contribution in [2.45, 2.75) is 31.7 Å². The number of aryl methyl sites for hydroxylation is 1. The Morgan fingerprint density at radius 1 is 1.08 bits per heavy atom. The van der Waals surface area contributed by atoms with Crippen molar-refractivity contribution >= 4 is 5.52 Å². The third kappa shape index (κ3) is 3.88. The minimum atomic E-state index is -0.591. The molecule has 0 atom stereocenters. The summed E-state index contributed by atoms with van der Waals surface area (Å²) < 4.78 is 17.5. The number of benzene rings is 1. The third-order valence-corrected chi connectivity index (χ3v) is 7.40. The van der Waals surface area contributed by atoms with Crippen LogP contribution in [0.5, 0.6) is 0 Å². The first-order chi connectivity index (χ1) is 18.0. The van der Waals surface area contributed by atoms with E-state index < -0.39 is 11.2 Å². The number of nitrogens with zero attached hydrogens (tertiary/aromatic N) is 6. The van der Waals surface area contributed by atoms with E-state index in [0.717, 1.165) is 40.1 Å². The van der Waals surface area contributed by atoms with Gasteiger partial charge in [-0.25, -0.2) is 4.39 Å². The molecule has 37 heavy (non-hydrogen) atoms. The smallest absolute Gasteiger partial charge is 0.282 e. The molecule has 0 N–H and O–H groups in total. The fraction of sp³-hybridized carbons (Fsp3) is 0.241. The Hall–Kier alpha value is -4.35. The Morgan fingerprint density at radius 3 is 2.62 bits per heavy atom. The molecule has 184 valence electrons. The zero-order valence-electron chi connectivity index (χ0n) is 20.4. The van der Waals surface area contributed by atoms with Gasteiger partial charge in [0.1, 0.15) is 16.9 Å². The first-order valence-electron chi connectivity index (χ1n) is 12.3. The molecule has 6 rings (SSSR count). The van der Waals surface area contributed by atoms with E-state index in [1.807, 2.05) is 53.9 Å². The Balaban J connectivity index is 1.35. The second-order valence-corrected chi connectivity index (χ2v) is 9.72. The number of pyridine rings is 3. The molecule has 0 bridgehead atoms. The molecule has 3 aliphatic heterocycles. The van der Waals surface area contributed by atoms with Gasteiger partial charge in [-0.3, -0.25) is 19.1 Å². The number of likely N-dealkylation sites (tertiary alicyclic amines) is 1. The van der Waals surface area contributed by atoms with Crippen LogP contribution in [0.25, 0.3) is 22.6 Å². The number of piperidine rings is 1. The summed E-state index contributed by atoms with van der Waals surface area (Å²) in [4.78, 5) is 20.2. The highest BCUT2D eigenvalue weighted by molar-refractivity contribution is 5.69. The lowest BCUT2D eigenvalue weighted by Crippen LogP contribution is -2.42. The van der Waals surface area contributed by atoms with Gasteiger partial charge < -0.3 is 0 Å². The SMILES string of the molecule is Cc1ccnc(C2(C#N)CCN(Cc3cc4c(=O)n(-c5ccccc5F)nc-4n4ccccc34)CC2)c1. The maximum atomic E-state index is 14.5. The second kappa shape index (κ2) is 8.95. The summed E-state index contributed by atoms with van der Waals surface area (Å²) in [6.07, 6.45) is 5.02. The minimum absolute atomic E-state index is 0.128. The number of rotatable bonds is 4. The van der Waals surface area contributed by atoms with E-state index in [2.05, 4.69) is 21.1 Å². The maximum absolute atomic E-state index is 14.5. The summed E-state index contributed by atoms with van der Waals surface area (Å²) in [5, 5.41) is 14.6. The van der Waals surface area contributed by atoms with Gasteiger partial charge in [-0.2, -0.15) is 9.94 Å². The fourth-order valence-electron chi connectivity index (χ4n) is 5.32. The van der Waals surface area contributed by atoms with Crippen LogP contribution in [0.1, 0.15) is 29.7 Å². The van der Waals surface area contributed by atoms with E-state index in [-0.39, 0.29) is 11.2 Å². The molecular formula is C29H25FN6O. The standard InChI is InChI=1S/C29H25FN6O/c1-20-9-12-32-26(16-20)29(19-31)10-14-34(15-11-29)18-21-17-22-27(35-13-5-4-7-24(21)35)33-36(28(22)37)25-8-3-2-6-23(25)30/h2-9,12-13,16-17H,10-11,14-15,18H2,1H3. The summed E-state index contributed by atoms with van der Waals surface area (Å²) in [5.74, 6) is -0.0143. The Bertz CT molecular complexity index is 1690. The fourth-order valence-corrected chi connectivity index (χ4v) is 5.32. The number of para-hydroxylation sites is 1. The van der Waals surface area contributed by atoms with Crippen molar-refractivity contribution in [3.8, 4) is 23.1 Å². The van der Waals surface area contributed by atoms with Crippen molar-refractivity contribution in [2.75, 3.05) is 13.1 Å². The van der Waals surface area contributed by atoms with Crippen molar-refractivity contribution in [2.24, 2.45) is 0 Å². The Kier molecular flexibility index (Phi) is 5.58. The molecule has 3 aliphatic rings. The number of nitriles is 1. The molecule has 1 fully saturated rings. The van der Waals surface area contributed by atoms with Crippen molar-refractivity contribution in [1.82, 2.24) is 24.1 Å². The largest absolute Gasteiger partial charge is 0.299 e. The molecule has 1 aromatic carbocycles. The topological polar surface area (TPSA) is 79.2 Å². The molecule has 0 radical (unpaired) electrons. The Morgan fingerprint density at radius 2 is 1.86 bits per heavy atom. The van der Waals surface area contributed by atoms with Crippen LogP contribution >= 0.6 is 0 Å². The van der Waals surface area contributed by atoms with Crippen LogP contribution in [0, 0.1) is 24.1 Å². The molecule has 8 heteroatoms. The van der Waals surface area contributed by atoms with E-state index in [1.165, 1.54) is 6.07 Å². The van der Waals surface area contributed by atoms with Gasteiger partial charge in [0, 0.05) is 32.0 Å². The van der Waals surface area contributed by atoms with Gasteiger partial charge >= 0.3 is 0 Å². The summed E-state index contributed by atoms with van der Waals surface area (Å²) in [7, 11) is 0. The lowest BCUT2D eigenvalue weighted by Gasteiger charge is -2.37. The highest BCUT2D eigenvalue weighted by atomic mass is 19.1. The zero-order chi connectivity index (χ0) is 25.6. The van der Waals surface area contributed by atoms with Gasteiger partial charge in [0.25, 0.3) is 5.56 Å². The maximum Gasteiger partial charge on any atom is 0.282 e. The predicted octanol–water partition coefficient (Wildman–Crippen LogP) is 4.49. The number of aromatic nitrogens is 4. The van der Waals surface area contributed by atoms with Gasteiger partial charge in [-0.1, -0.05) is 18.2 Å². The van der Waals surface area contributed by atoms with Crippen molar-refractivity contribution in [3.05, 3.63) is 106 Å². The van der Waals surface area contributed by atoms with E-state index >= 15 is 0 Å². The van der Waals surface area contributed by atoms with Crippen molar-refractivity contribution in [3.63, 3.8) is 0 Å². The van der Waals surface area contributed by atoms with E-state index in [4.69, 9.17) is 0 Å². The minimum Gasteiger partial charge on any atom is -0.299 e. The summed E-state index contributed by atoms with van der Waals surface area (Å²) in [6.45, 7) is 4.11. The molecule has 0 unspecified atom stereocenters. The van der Waals surface area contributed by atoms with Crippen molar-refractivity contribution in [1.29, 1.82) is 5.26 Å². The van der Waals surface area contributed by atoms with E-state index in [9.17, 15) is 14.4 Å². The second-order valence-electron chi connectivity index (χ2n) is 9.72. The third-order valence-electron chi connectivity index (χ3n) is 7.40. The first-order valence-corrected chi connectivity index (χ1v) is 12.3. The zero-order valence-corrected chi connectivity index (χ0v) is 20.4. The summed E-state index contributed by atoms with van der Waals surface area (Å²) in [6, 6.07) is 20.4. The number of hydrogen-bond acceptors (Lipinski definition) is 5. The monoisotopic (exact) mass is 492 g/mol. The Labute approximate surface area is 213 Å². The first kappa shape index (κ1) is 23.1. The summed E-state index contributed by atoms with van der Waals surface area (Å²) in [5.41, 5.74) is 3.48. The van der Waals surface area contributed by atoms with Crippen LogP contribution in [0.15, 0.2) is 77.9 Å². The molecule has 0 saturated carbocycles. The van der Waals surface area contributed by atoms with Crippen LogP contribution in [0.2, 0.25) is 0 Å². The van der Waals surface area contributed by atoms with E-state index in [0.29, 0.717) is 30.8 Å². The molecule has 2 aromatic heterocycles. The van der Waals surface area contributed by atoms with Crippen LogP contribution in [-0.2, 0) is 12.0 Å². The normalized spacial score (nSPS) is 15.7. The molecule has 1 saturated heterocycles. The lowest BCUT2D eigenvalue weighted by atomic mass is 9.76. The van der Waals surface area contributed by atoms with Gasteiger partial charge in [0.15, 0.2) is 5.82 Å². The molecule has 5 heterocycles. The molecular weight excluding hydrogens is 467 g/mol. The van der Waals surface area contributed by atoms with Gasteiger partial charge in [-0.05, 0) is 73.4 Å². The average molecular weight is 493 g/mol. The lowest BCUT2D eigenvalue weighted by molar-refractivity contribution is 0.177. The quantitative estimate of drug-likeness (QED) is 0.369. The van der Waals surface area contributed by atoms with Gasteiger partial charge in [0.05, 0.1) is 22.8 Å². The van der Waals surface area contributed by atoms with Crippen LogP contribution in [-0.4, -0.2) is 37.2 Å². The number of halogens is 1. The van der Waals surface area contributed by atoms with Crippen LogP contribution < -0.4 is 5.56 Å². The molecule has 0 spiro atoms. The average Bonchev–Trinajstić information content (AvgIpc) is 3.25. The van der Waals surface area contributed by atoms with Crippen LogP contribution in [0.4, 0.5) is 4.39 Å². The highest BCUT2D eigenvalue weighted by Crippen LogP contribution is 2.35. The number of hydrogen-bond donors (Lipinski definition) is 0.